The third-order valence-corrected chi connectivity index (χ3v) is 3.03. The van der Waals surface area contributed by atoms with Crippen molar-refractivity contribution in [2.24, 2.45) is 0 Å². The standard InChI is InChI=1S/C10H8ClN3O5/c11-6-4-9(15)12(5-6)10-7(13(16)17)2-1-3-8(10)14(18)19/h1-3,6H,4-5H2. The first-order valence-electron chi connectivity index (χ1n) is 5.28. The van der Waals surface area contributed by atoms with E-state index in [2.05, 4.69) is 0 Å². The van der Waals surface area contributed by atoms with Crippen LogP contribution in [0.3, 0.4) is 0 Å². The van der Waals surface area contributed by atoms with Crippen molar-refractivity contribution in [3.05, 3.63) is 38.4 Å². The van der Waals surface area contributed by atoms with Crippen molar-refractivity contribution in [2.75, 3.05) is 11.4 Å². The molecule has 0 aromatic heterocycles. The van der Waals surface area contributed by atoms with E-state index < -0.39 is 32.5 Å². The second-order valence-electron chi connectivity index (χ2n) is 3.96. The van der Waals surface area contributed by atoms with Gasteiger partial charge in [-0.25, -0.2) is 0 Å². The molecular weight excluding hydrogens is 278 g/mol. The molecule has 1 unspecified atom stereocenters. The number of halogens is 1. The van der Waals surface area contributed by atoms with Gasteiger partial charge in [0.1, 0.15) is 0 Å². The van der Waals surface area contributed by atoms with E-state index >= 15 is 0 Å². The lowest BCUT2D eigenvalue weighted by atomic mass is 10.2. The third-order valence-electron chi connectivity index (χ3n) is 2.73. The van der Waals surface area contributed by atoms with Crippen molar-refractivity contribution >= 4 is 34.6 Å². The lowest BCUT2D eigenvalue weighted by Crippen LogP contribution is -2.26. The molecule has 1 aromatic rings. The van der Waals surface area contributed by atoms with Crippen LogP contribution in [0.25, 0.3) is 0 Å². The van der Waals surface area contributed by atoms with Gasteiger partial charge in [0.2, 0.25) is 11.6 Å². The van der Waals surface area contributed by atoms with E-state index in [-0.39, 0.29) is 18.7 Å². The lowest BCUT2D eigenvalue weighted by Gasteiger charge is -2.15. The molecule has 1 aliphatic heterocycles. The molecule has 19 heavy (non-hydrogen) atoms. The zero-order valence-electron chi connectivity index (χ0n) is 9.48. The van der Waals surface area contributed by atoms with Gasteiger partial charge in [0.25, 0.3) is 11.4 Å². The highest BCUT2D eigenvalue weighted by Gasteiger charge is 2.38. The zero-order chi connectivity index (χ0) is 14.2. The first kappa shape index (κ1) is 13.2. The molecule has 0 spiro atoms. The fraction of sp³-hybridized carbons (Fsp3) is 0.300. The van der Waals surface area contributed by atoms with Crippen LogP contribution in [0.2, 0.25) is 0 Å². The largest absolute Gasteiger partial charge is 0.300 e. The number of nitro groups is 2. The smallest absolute Gasteiger partial charge is 0.299 e. The van der Waals surface area contributed by atoms with Gasteiger partial charge in [-0.15, -0.1) is 11.6 Å². The Morgan fingerprint density at radius 1 is 1.21 bits per heavy atom. The number of benzene rings is 1. The number of alkyl halides is 1. The van der Waals surface area contributed by atoms with Crippen LogP contribution in [0.4, 0.5) is 17.1 Å². The Hall–Kier alpha value is -2.22. The fourth-order valence-corrected chi connectivity index (χ4v) is 2.24. The van der Waals surface area contributed by atoms with E-state index in [0.29, 0.717) is 0 Å². The van der Waals surface area contributed by atoms with Gasteiger partial charge < -0.3 is 0 Å². The molecule has 100 valence electrons. The Morgan fingerprint density at radius 2 is 1.74 bits per heavy atom. The molecule has 0 aliphatic carbocycles. The molecular formula is C10H8ClN3O5. The van der Waals surface area contributed by atoms with Crippen LogP contribution in [0.1, 0.15) is 6.42 Å². The van der Waals surface area contributed by atoms with Crippen LogP contribution >= 0.6 is 11.6 Å². The minimum atomic E-state index is -0.753. The number of hydrogen-bond acceptors (Lipinski definition) is 5. The molecule has 1 heterocycles. The van der Waals surface area contributed by atoms with Gasteiger partial charge in [-0.3, -0.25) is 29.9 Å². The van der Waals surface area contributed by atoms with Crippen molar-refractivity contribution in [2.45, 2.75) is 11.8 Å². The highest BCUT2D eigenvalue weighted by atomic mass is 35.5. The summed E-state index contributed by atoms with van der Waals surface area (Å²) < 4.78 is 0. The minimum Gasteiger partial charge on any atom is -0.299 e. The number of amides is 1. The number of rotatable bonds is 3. The predicted octanol–water partition coefficient (Wildman–Crippen LogP) is 1.85. The third kappa shape index (κ3) is 2.34. The summed E-state index contributed by atoms with van der Waals surface area (Å²) in [6, 6.07) is 3.45. The molecule has 0 N–H and O–H groups in total. The average Bonchev–Trinajstić information content (AvgIpc) is 2.67. The number of carbonyl (C=O) groups excluding carboxylic acids is 1. The highest BCUT2D eigenvalue weighted by molar-refractivity contribution is 6.24. The van der Waals surface area contributed by atoms with E-state index in [1.54, 1.807) is 0 Å². The topological polar surface area (TPSA) is 107 Å². The van der Waals surface area contributed by atoms with E-state index in [1.165, 1.54) is 6.07 Å². The number of nitro benzene ring substituents is 2. The van der Waals surface area contributed by atoms with E-state index in [1.807, 2.05) is 0 Å². The SMILES string of the molecule is O=C1CC(Cl)CN1c1c([N+](=O)[O-])cccc1[N+](=O)[O-]. The molecule has 1 fully saturated rings. The predicted molar refractivity (Wildman–Crippen MR) is 66.4 cm³/mol. The molecule has 0 radical (unpaired) electrons. The van der Waals surface area contributed by atoms with Gasteiger partial charge in [-0.1, -0.05) is 0 Å². The highest BCUT2D eigenvalue weighted by Crippen LogP contribution is 2.39. The quantitative estimate of drug-likeness (QED) is 0.478. The lowest BCUT2D eigenvalue weighted by molar-refractivity contribution is -0.392. The maximum Gasteiger partial charge on any atom is 0.300 e. The first-order chi connectivity index (χ1) is 8.91. The van der Waals surface area contributed by atoms with Gasteiger partial charge in [-0.05, 0) is 6.07 Å². The van der Waals surface area contributed by atoms with Crippen LogP contribution < -0.4 is 4.90 Å². The Morgan fingerprint density at radius 3 is 2.11 bits per heavy atom. The number of carbonyl (C=O) groups is 1. The van der Waals surface area contributed by atoms with E-state index in [9.17, 15) is 25.0 Å². The number of para-hydroxylation sites is 1. The van der Waals surface area contributed by atoms with Crippen molar-refractivity contribution in [1.82, 2.24) is 0 Å². The van der Waals surface area contributed by atoms with E-state index in [0.717, 1.165) is 17.0 Å². The molecule has 2 rings (SSSR count). The van der Waals surface area contributed by atoms with Gasteiger partial charge in [0.15, 0.2) is 0 Å². The Bertz CT molecular complexity index is 544. The summed E-state index contributed by atoms with van der Waals surface area (Å²) in [5, 5.41) is 21.4. The first-order valence-corrected chi connectivity index (χ1v) is 5.71. The summed E-state index contributed by atoms with van der Waals surface area (Å²) in [6.45, 7) is 0.0199. The van der Waals surface area contributed by atoms with Gasteiger partial charge >= 0.3 is 0 Å². The van der Waals surface area contributed by atoms with E-state index in [4.69, 9.17) is 11.6 Å². The number of anilines is 1. The van der Waals surface area contributed by atoms with Crippen molar-refractivity contribution in [1.29, 1.82) is 0 Å². The molecule has 1 aliphatic rings. The molecule has 1 aromatic carbocycles. The monoisotopic (exact) mass is 285 g/mol. The molecule has 8 nitrogen and oxygen atoms in total. The number of nitrogens with zero attached hydrogens (tertiary/aromatic N) is 3. The summed E-state index contributed by atoms with van der Waals surface area (Å²) in [6.07, 6.45) is 0.00472. The summed E-state index contributed by atoms with van der Waals surface area (Å²) in [5.41, 5.74) is -1.26. The van der Waals surface area contributed by atoms with Crippen LogP contribution in [-0.4, -0.2) is 27.7 Å². The van der Waals surface area contributed by atoms with Gasteiger partial charge in [0, 0.05) is 25.1 Å². The van der Waals surface area contributed by atoms with Crippen molar-refractivity contribution in [3.8, 4) is 0 Å². The molecule has 1 saturated heterocycles. The summed E-state index contributed by atoms with van der Waals surface area (Å²) >= 11 is 5.81. The van der Waals surface area contributed by atoms with Crippen LogP contribution in [0.15, 0.2) is 18.2 Å². The van der Waals surface area contributed by atoms with Crippen LogP contribution in [-0.2, 0) is 4.79 Å². The van der Waals surface area contributed by atoms with Gasteiger partial charge in [-0.2, -0.15) is 0 Å². The number of hydrogen-bond donors (Lipinski definition) is 0. The maximum atomic E-state index is 11.7. The van der Waals surface area contributed by atoms with Crippen molar-refractivity contribution in [3.63, 3.8) is 0 Å². The Kier molecular flexibility index (Phi) is 3.34. The second kappa shape index (κ2) is 4.81. The average molecular weight is 286 g/mol. The Balaban J connectivity index is 2.62. The van der Waals surface area contributed by atoms with Crippen LogP contribution in [0.5, 0.6) is 0 Å². The van der Waals surface area contributed by atoms with Gasteiger partial charge in [0.05, 0.1) is 15.2 Å². The normalized spacial score (nSPS) is 18.7. The second-order valence-corrected chi connectivity index (χ2v) is 4.58. The summed E-state index contributed by atoms with van der Waals surface area (Å²) in [5.74, 6) is -0.461. The molecule has 1 atom stereocenters. The molecule has 9 heteroatoms. The van der Waals surface area contributed by atoms with Crippen LogP contribution in [0, 0.1) is 20.2 Å². The molecule has 1 amide bonds. The minimum absolute atomic E-state index is 0.00472. The maximum absolute atomic E-state index is 11.7. The fourth-order valence-electron chi connectivity index (χ4n) is 1.97. The summed E-state index contributed by atoms with van der Waals surface area (Å²) in [7, 11) is 0. The van der Waals surface area contributed by atoms with Crippen molar-refractivity contribution < 1.29 is 14.6 Å². The molecule has 0 saturated carbocycles. The molecule has 0 bridgehead atoms. The Labute approximate surface area is 111 Å². The summed E-state index contributed by atoms with van der Waals surface area (Å²) in [4.78, 5) is 33.1. The zero-order valence-corrected chi connectivity index (χ0v) is 10.2.